The first-order valence-corrected chi connectivity index (χ1v) is 6.07. The van der Waals surface area contributed by atoms with Gasteiger partial charge < -0.3 is 14.6 Å². The molecule has 0 radical (unpaired) electrons. The standard InChI is InChI=1S/C13H20N2O2/c1-8(2)15-9(3)5-12(10(15)4)13(17)14-6-11(16)7-14/h5,8,11,16H,6-7H2,1-4H3. The fourth-order valence-electron chi connectivity index (χ4n) is 2.58. The number of hydrogen-bond donors (Lipinski definition) is 1. The molecule has 4 nitrogen and oxygen atoms in total. The van der Waals surface area contributed by atoms with Crippen molar-refractivity contribution in [3.63, 3.8) is 0 Å². The summed E-state index contributed by atoms with van der Waals surface area (Å²) in [4.78, 5) is 13.9. The molecule has 1 saturated heterocycles. The van der Waals surface area contributed by atoms with Crippen LogP contribution >= 0.6 is 0 Å². The van der Waals surface area contributed by atoms with Crippen LogP contribution in [0, 0.1) is 13.8 Å². The number of hydrogen-bond acceptors (Lipinski definition) is 2. The van der Waals surface area contributed by atoms with Crippen molar-refractivity contribution >= 4 is 5.91 Å². The first-order valence-electron chi connectivity index (χ1n) is 6.07. The number of carbonyl (C=O) groups excluding carboxylic acids is 1. The minimum absolute atomic E-state index is 0.0373. The van der Waals surface area contributed by atoms with Gasteiger partial charge in [-0.25, -0.2) is 0 Å². The van der Waals surface area contributed by atoms with Gasteiger partial charge in [-0.1, -0.05) is 0 Å². The highest BCUT2D eigenvalue weighted by atomic mass is 16.3. The topological polar surface area (TPSA) is 45.5 Å². The van der Waals surface area contributed by atoms with Crippen LogP contribution in [0.15, 0.2) is 6.07 Å². The van der Waals surface area contributed by atoms with Crippen LogP contribution in [0.5, 0.6) is 0 Å². The number of likely N-dealkylation sites (tertiary alicyclic amines) is 1. The van der Waals surface area contributed by atoms with E-state index in [0.29, 0.717) is 19.1 Å². The van der Waals surface area contributed by atoms with Gasteiger partial charge >= 0.3 is 0 Å². The van der Waals surface area contributed by atoms with Gasteiger partial charge in [0.25, 0.3) is 5.91 Å². The van der Waals surface area contributed by atoms with Crippen molar-refractivity contribution in [2.75, 3.05) is 13.1 Å². The van der Waals surface area contributed by atoms with Crippen molar-refractivity contribution in [3.05, 3.63) is 23.0 Å². The van der Waals surface area contributed by atoms with Crippen LogP contribution in [0.3, 0.4) is 0 Å². The Morgan fingerprint density at radius 3 is 2.41 bits per heavy atom. The number of aryl methyl sites for hydroxylation is 1. The third-order valence-electron chi connectivity index (χ3n) is 3.38. The van der Waals surface area contributed by atoms with Crippen LogP contribution < -0.4 is 0 Å². The Bertz CT molecular complexity index is 443. The van der Waals surface area contributed by atoms with E-state index in [9.17, 15) is 9.90 Å². The molecule has 1 aliphatic rings. The van der Waals surface area contributed by atoms with E-state index < -0.39 is 0 Å². The second-order valence-electron chi connectivity index (χ2n) is 5.11. The number of rotatable bonds is 2. The van der Waals surface area contributed by atoms with Crippen molar-refractivity contribution < 1.29 is 9.90 Å². The quantitative estimate of drug-likeness (QED) is 0.846. The minimum atomic E-state index is -0.340. The highest BCUT2D eigenvalue weighted by molar-refractivity contribution is 5.96. The lowest BCUT2D eigenvalue weighted by atomic mass is 10.1. The summed E-state index contributed by atoms with van der Waals surface area (Å²) in [6.07, 6.45) is -0.340. The second-order valence-corrected chi connectivity index (χ2v) is 5.11. The molecule has 0 bridgehead atoms. The van der Waals surface area contributed by atoms with E-state index in [1.54, 1.807) is 4.90 Å². The molecule has 2 heterocycles. The Balaban J connectivity index is 2.27. The number of β-amino-alcohol motifs (C(OH)–C–C–N with tert-alkyl or cyclic N) is 1. The number of aliphatic hydroxyl groups is 1. The first-order chi connectivity index (χ1) is 7.91. The van der Waals surface area contributed by atoms with Gasteiger partial charge in [-0.05, 0) is 33.8 Å². The summed E-state index contributed by atoms with van der Waals surface area (Å²) in [6, 6.07) is 2.31. The number of carbonyl (C=O) groups is 1. The predicted octanol–water partition coefficient (Wildman–Crippen LogP) is 1.50. The Labute approximate surface area is 102 Å². The number of aliphatic hydroxyl groups excluding tert-OH is 1. The highest BCUT2D eigenvalue weighted by Crippen LogP contribution is 2.23. The molecule has 0 spiro atoms. The maximum atomic E-state index is 12.2. The van der Waals surface area contributed by atoms with Crippen LogP contribution in [-0.4, -0.2) is 39.7 Å². The summed E-state index contributed by atoms with van der Waals surface area (Å²) in [5.74, 6) is 0.0373. The molecule has 1 amide bonds. The largest absolute Gasteiger partial charge is 0.389 e. The molecule has 1 fully saturated rings. The molecule has 1 N–H and O–H groups in total. The highest BCUT2D eigenvalue weighted by Gasteiger charge is 2.31. The monoisotopic (exact) mass is 236 g/mol. The molecule has 2 rings (SSSR count). The molecular weight excluding hydrogens is 216 g/mol. The first kappa shape index (κ1) is 12.2. The summed E-state index contributed by atoms with van der Waals surface area (Å²) >= 11 is 0. The van der Waals surface area contributed by atoms with Crippen molar-refractivity contribution in [2.24, 2.45) is 0 Å². The number of aromatic nitrogens is 1. The third kappa shape index (κ3) is 1.97. The summed E-state index contributed by atoms with van der Waals surface area (Å²) in [6.45, 7) is 9.16. The molecule has 4 heteroatoms. The summed E-state index contributed by atoms with van der Waals surface area (Å²) in [7, 11) is 0. The molecule has 17 heavy (non-hydrogen) atoms. The normalized spacial score (nSPS) is 16.5. The van der Waals surface area contributed by atoms with Gasteiger partial charge in [0, 0.05) is 30.5 Å². The number of nitrogens with zero attached hydrogens (tertiary/aromatic N) is 2. The van der Waals surface area contributed by atoms with Crippen molar-refractivity contribution in [2.45, 2.75) is 39.8 Å². The second kappa shape index (κ2) is 4.18. The van der Waals surface area contributed by atoms with E-state index in [-0.39, 0.29) is 12.0 Å². The van der Waals surface area contributed by atoms with Crippen LogP contribution in [0.25, 0.3) is 0 Å². The molecule has 0 aliphatic carbocycles. The van der Waals surface area contributed by atoms with Gasteiger partial charge in [-0.2, -0.15) is 0 Å². The number of amides is 1. The average molecular weight is 236 g/mol. The van der Waals surface area contributed by atoms with Gasteiger partial charge in [-0.15, -0.1) is 0 Å². The lowest BCUT2D eigenvalue weighted by Crippen LogP contribution is -2.53. The van der Waals surface area contributed by atoms with Gasteiger partial charge in [0.2, 0.25) is 0 Å². The Morgan fingerprint density at radius 2 is 2.00 bits per heavy atom. The maximum Gasteiger partial charge on any atom is 0.255 e. The average Bonchev–Trinajstić information content (AvgIpc) is 2.48. The van der Waals surface area contributed by atoms with Gasteiger partial charge in [0.1, 0.15) is 0 Å². The van der Waals surface area contributed by atoms with E-state index >= 15 is 0 Å². The Morgan fingerprint density at radius 1 is 1.41 bits per heavy atom. The third-order valence-corrected chi connectivity index (χ3v) is 3.38. The molecule has 1 aliphatic heterocycles. The fraction of sp³-hybridized carbons (Fsp3) is 0.615. The van der Waals surface area contributed by atoms with Gasteiger partial charge in [0.05, 0.1) is 11.7 Å². The van der Waals surface area contributed by atoms with Crippen molar-refractivity contribution in [3.8, 4) is 0 Å². The fourth-order valence-corrected chi connectivity index (χ4v) is 2.58. The molecular formula is C13H20N2O2. The van der Waals surface area contributed by atoms with E-state index in [1.807, 2.05) is 19.9 Å². The SMILES string of the molecule is Cc1cc(C(=O)N2CC(O)C2)c(C)n1C(C)C. The van der Waals surface area contributed by atoms with Crippen molar-refractivity contribution in [1.29, 1.82) is 0 Å². The van der Waals surface area contributed by atoms with Crippen LogP contribution in [0.1, 0.15) is 41.6 Å². The molecule has 1 aromatic heterocycles. The van der Waals surface area contributed by atoms with Gasteiger partial charge in [-0.3, -0.25) is 4.79 Å². The zero-order valence-electron chi connectivity index (χ0n) is 10.9. The lowest BCUT2D eigenvalue weighted by molar-refractivity contribution is 0.00583. The van der Waals surface area contributed by atoms with E-state index in [1.165, 1.54) is 0 Å². The molecule has 1 aromatic rings. The van der Waals surface area contributed by atoms with Crippen LogP contribution in [0.4, 0.5) is 0 Å². The molecule has 0 atom stereocenters. The summed E-state index contributed by atoms with van der Waals surface area (Å²) in [5.41, 5.74) is 2.90. The van der Waals surface area contributed by atoms with E-state index in [4.69, 9.17) is 0 Å². The maximum absolute atomic E-state index is 12.2. The van der Waals surface area contributed by atoms with E-state index in [2.05, 4.69) is 18.4 Å². The Hall–Kier alpha value is -1.29. The summed E-state index contributed by atoms with van der Waals surface area (Å²) in [5, 5.41) is 9.23. The molecule has 94 valence electrons. The van der Waals surface area contributed by atoms with Crippen LogP contribution in [-0.2, 0) is 0 Å². The lowest BCUT2D eigenvalue weighted by Gasteiger charge is -2.35. The van der Waals surface area contributed by atoms with E-state index in [0.717, 1.165) is 17.0 Å². The smallest absolute Gasteiger partial charge is 0.255 e. The van der Waals surface area contributed by atoms with Crippen LogP contribution in [0.2, 0.25) is 0 Å². The van der Waals surface area contributed by atoms with Gasteiger partial charge in [0.15, 0.2) is 0 Å². The predicted molar refractivity (Wildman–Crippen MR) is 66.2 cm³/mol. The Kier molecular flexibility index (Phi) is 3.00. The minimum Gasteiger partial charge on any atom is -0.389 e. The zero-order chi connectivity index (χ0) is 12.7. The molecule has 0 aromatic carbocycles. The molecule has 0 saturated carbocycles. The summed E-state index contributed by atoms with van der Waals surface area (Å²) < 4.78 is 2.17. The zero-order valence-corrected chi connectivity index (χ0v) is 10.9. The van der Waals surface area contributed by atoms with Crippen molar-refractivity contribution in [1.82, 2.24) is 9.47 Å². The molecule has 0 unspecified atom stereocenters.